The van der Waals surface area contributed by atoms with Crippen molar-refractivity contribution in [1.82, 2.24) is 10.2 Å². The Balaban J connectivity index is 1.69. The normalized spacial score (nSPS) is 11.8. The van der Waals surface area contributed by atoms with Crippen LogP contribution in [0.3, 0.4) is 0 Å². The van der Waals surface area contributed by atoms with Crippen LogP contribution in [-0.4, -0.2) is 21.1 Å². The number of nitro benzene ring substituents is 1. The monoisotopic (exact) mass is 357 g/mol. The number of nitro groups is 1. The molecule has 0 aliphatic rings. The quantitative estimate of drug-likeness (QED) is 0.389. The van der Waals surface area contributed by atoms with Crippen molar-refractivity contribution >= 4 is 11.7 Å². The van der Waals surface area contributed by atoms with E-state index in [0.29, 0.717) is 5.56 Å². The van der Waals surface area contributed by atoms with Gasteiger partial charge in [0.2, 0.25) is 5.89 Å². The fourth-order valence-corrected chi connectivity index (χ4v) is 2.11. The average Bonchev–Trinajstić information content (AvgIpc) is 3.12. The molecular weight excluding hydrogens is 345 g/mol. The fourth-order valence-electron chi connectivity index (χ4n) is 2.11. The average molecular weight is 357 g/mol. The number of non-ortho nitro benzene ring substituents is 1. The number of carbonyl (C=O) groups is 1. The number of carbonyl (C=O) groups excluding carboxylic acids is 1. The van der Waals surface area contributed by atoms with E-state index in [1.165, 1.54) is 48.5 Å². The molecule has 0 fully saturated rings. The lowest BCUT2D eigenvalue weighted by atomic mass is 10.2. The molecule has 0 aliphatic heterocycles. The molecule has 0 aliphatic carbocycles. The van der Waals surface area contributed by atoms with Crippen molar-refractivity contribution < 1.29 is 23.3 Å². The van der Waals surface area contributed by atoms with Crippen molar-refractivity contribution in [3.05, 3.63) is 75.9 Å². The van der Waals surface area contributed by atoms with Crippen LogP contribution in [0, 0.1) is 15.9 Å². The Morgan fingerprint density at radius 3 is 2.42 bits per heavy atom. The number of benzene rings is 2. The standard InChI is InChI=1S/C17H12FN3O5/c1-10(25-17(22)12-4-8-14(9-5-12)21(23)24)15-19-20-16(26-15)11-2-6-13(18)7-3-11/h2-10H,1H3/t10-/m1/s1. The molecule has 8 nitrogen and oxygen atoms in total. The Kier molecular flexibility index (Phi) is 4.70. The van der Waals surface area contributed by atoms with Gasteiger partial charge in [0.15, 0.2) is 6.10 Å². The number of ether oxygens (including phenoxy) is 1. The molecule has 0 bridgehead atoms. The minimum absolute atomic E-state index is 0.0691. The third-order valence-corrected chi connectivity index (χ3v) is 3.48. The van der Waals surface area contributed by atoms with Gasteiger partial charge < -0.3 is 9.15 Å². The Morgan fingerprint density at radius 2 is 1.81 bits per heavy atom. The molecule has 1 heterocycles. The van der Waals surface area contributed by atoms with Crippen molar-refractivity contribution in [1.29, 1.82) is 0 Å². The van der Waals surface area contributed by atoms with Gasteiger partial charge >= 0.3 is 5.97 Å². The summed E-state index contributed by atoms with van der Waals surface area (Å²) in [4.78, 5) is 22.2. The van der Waals surface area contributed by atoms with E-state index in [9.17, 15) is 19.3 Å². The van der Waals surface area contributed by atoms with Crippen LogP contribution in [-0.2, 0) is 4.74 Å². The first-order chi connectivity index (χ1) is 12.4. The second-order valence-electron chi connectivity index (χ2n) is 5.30. The van der Waals surface area contributed by atoms with Crippen molar-refractivity contribution in [2.45, 2.75) is 13.0 Å². The summed E-state index contributed by atoms with van der Waals surface area (Å²) in [5, 5.41) is 18.3. The lowest BCUT2D eigenvalue weighted by Crippen LogP contribution is -2.09. The zero-order valence-corrected chi connectivity index (χ0v) is 13.5. The molecule has 3 rings (SSSR count). The number of halogens is 1. The Hall–Kier alpha value is -3.62. The van der Waals surface area contributed by atoms with Crippen LogP contribution in [0.2, 0.25) is 0 Å². The fraction of sp³-hybridized carbons (Fsp3) is 0.118. The second kappa shape index (κ2) is 7.09. The summed E-state index contributed by atoms with van der Waals surface area (Å²) < 4.78 is 23.6. The molecule has 132 valence electrons. The zero-order chi connectivity index (χ0) is 18.7. The molecule has 1 aromatic heterocycles. The number of hydrogen-bond donors (Lipinski definition) is 0. The topological polar surface area (TPSA) is 108 Å². The summed E-state index contributed by atoms with van der Waals surface area (Å²) in [6.07, 6.45) is -0.834. The summed E-state index contributed by atoms with van der Waals surface area (Å²) in [5.74, 6) is -0.842. The molecule has 9 heteroatoms. The first-order valence-electron chi connectivity index (χ1n) is 7.49. The first-order valence-corrected chi connectivity index (χ1v) is 7.49. The van der Waals surface area contributed by atoms with E-state index in [1.807, 2.05) is 0 Å². The van der Waals surface area contributed by atoms with E-state index in [1.54, 1.807) is 6.92 Å². The summed E-state index contributed by atoms with van der Waals surface area (Å²) in [6.45, 7) is 1.55. The van der Waals surface area contributed by atoms with Crippen LogP contribution < -0.4 is 0 Å². The molecule has 0 saturated heterocycles. The largest absolute Gasteiger partial charge is 0.449 e. The van der Waals surface area contributed by atoms with Crippen molar-refractivity contribution in [2.75, 3.05) is 0 Å². The van der Waals surface area contributed by atoms with Gasteiger partial charge in [0, 0.05) is 17.7 Å². The molecule has 3 aromatic rings. The summed E-state index contributed by atoms with van der Waals surface area (Å²) in [7, 11) is 0. The number of aromatic nitrogens is 2. The lowest BCUT2D eigenvalue weighted by Gasteiger charge is -2.09. The third-order valence-electron chi connectivity index (χ3n) is 3.48. The van der Waals surface area contributed by atoms with Crippen molar-refractivity contribution in [3.8, 4) is 11.5 Å². The van der Waals surface area contributed by atoms with Crippen molar-refractivity contribution in [3.63, 3.8) is 0 Å². The molecule has 0 amide bonds. The number of hydrogen-bond acceptors (Lipinski definition) is 7. The van der Waals surface area contributed by atoms with Crippen molar-refractivity contribution in [2.24, 2.45) is 0 Å². The highest BCUT2D eigenvalue weighted by molar-refractivity contribution is 5.89. The van der Waals surface area contributed by atoms with Crippen LogP contribution >= 0.6 is 0 Å². The van der Waals surface area contributed by atoms with Gasteiger partial charge in [-0.25, -0.2) is 9.18 Å². The maximum absolute atomic E-state index is 12.9. The minimum atomic E-state index is -0.834. The number of nitrogens with zero attached hydrogens (tertiary/aromatic N) is 3. The molecule has 0 N–H and O–H groups in total. The van der Waals surface area contributed by atoms with Gasteiger partial charge in [-0.05, 0) is 43.3 Å². The van der Waals surface area contributed by atoms with E-state index >= 15 is 0 Å². The van der Waals surface area contributed by atoms with Crippen LogP contribution in [0.4, 0.5) is 10.1 Å². The van der Waals surface area contributed by atoms with Crippen LogP contribution in [0.25, 0.3) is 11.5 Å². The lowest BCUT2D eigenvalue weighted by molar-refractivity contribution is -0.384. The maximum Gasteiger partial charge on any atom is 0.338 e. The van der Waals surface area contributed by atoms with E-state index < -0.39 is 17.0 Å². The molecule has 26 heavy (non-hydrogen) atoms. The van der Waals surface area contributed by atoms with E-state index in [0.717, 1.165) is 0 Å². The Morgan fingerprint density at radius 1 is 1.15 bits per heavy atom. The second-order valence-corrected chi connectivity index (χ2v) is 5.30. The van der Waals surface area contributed by atoms with Crippen LogP contribution in [0.1, 0.15) is 29.3 Å². The minimum Gasteiger partial charge on any atom is -0.449 e. The van der Waals surface area contributed by atoms with E-state index in [2.05, 4.69) is 10.2 Å². The van der Waals surface area contributed by atoms with E-state index in [-0.39, 0.29) is 28.8 Å². The molecule has 2 aromatic carbocycles. The third kappa shape index (κ3) is 3.72. The summed E-state index contributed by atoms with van der Waals surface area (Å²) >= 11 is 0. The summed E-state index contributed by atoms with van der Waals surface area (Å²) in [5.41, 5.74) is 0.551. The molecule has 0 spiro atoms. The highest BCUT2D eigenvalue weighted by atomic mass is 19.1. The Bertz CT molecular complexity index is 938. The van der Waals surface area contributed by atoms with Crippen LogP contribution in [0.15, 0.2) is 52.9 Å². The molecule has 0 saturated carbocycles. The highest BCUT2D eigenvalue weighted by Gasteiger charge is 2.20. The van der Waals surface area contributed by atoms with Crippen LogP contribution in [0.5, 0.6) is 0 Å². The predicted octanol–water partition coefficient (Wildman–Crippen LogP) is 3.70. The molecule has 0 radical (unpaired) electrons. The summed E-state index contributed by atoms with van der Waals surface area (Å²) in [6, 6.07) is 10.5. The van der Waals surface area contributed by atoms with Gasteiger partial charge in [-0.1, -0.05) is 0 Å². The number of rotatable bonds is 5. The van der Waals surface area contributed by atoms with Gasteiger partial charge in [0.1, 0.15) is 5.82 Å². The van der Waals surface area contributed by atoms with Gasteiger partial charge in [0.05, 0.1) is 10.5 Å². The highest BCUT2D eigenvalue weighted by Crippen LogP contribution is 2.23. The molecule has 1 atom stereocenters. The molecule has 0 unspecified atom stereocenters. The van der Waals surface area contributed by atoms with Gasteiger partial charge in [-0.2, -0.15) is 0 Å². The SMILES string of the molecule is C[C@@H](OC(=O)c1ccc([N+](=O)[O-])cc1)c1nnc(-c2ccc(F)cc2)o1. The Labute approximate surface area is 146 Å². The number of esters is 1. The van der Waals surface area contributed by atoms with Gasteiger partial charge in [-0.3, -0.25) is 10.1 Å². The first kappa shape index (κ1) is 17.2. The predicted molar refractivity (Wildman–Crippen MR) is 86.6 cm³/mol. The smallest absolute Gasteiger partial charge is 0.338 e. The zero-order valence-electron chi connectivity index (χ0n) is 13.5. The van der Waals surface area contributed by atoms with E-state index in [4.69, 9.17) is 9.15 Å². The van der Waals surface area contributed by atoms with Gasteiger partial charge in [0.25, 0.3) is 11.6 Å². The molecular formula is C17H12FN3O5. The maximum atomic E-state index is 12.9. The van der Waals surface area contributed by atoms with Gasteiger partial charge in [-0.15, -0.1) is 10.2 Å².